The number of anilines is 1. The van der Waals surface area contributed by atoms with Crippen molar-refractivity contribution in [2.45, 2.75) is 12.8 Å². The standard InChI is InChI=1S/C29H25NO2/c1-32-29(31)27-16-7-13-24(20-19-22-10-3-2-4-11-22)25(27)17-9-21-30-28-18-8-14-23-12-5-6-15-26(23)28/h2-8,10-16,18,30H,9,17,21H2,1H3. The highest BCUT2D eigenvalue weighted by Crippen LogP contribution is 2.23. The number of rotatable bonds is 6. The van der Waals surface area contributed by atoms with Gasteiger partial charge >= 0.3 is 5.97 Å². The minimum Gasteiger partial charge on any atom is -0.465 e. The molecule has 3 nitrogen and oxygen atoms in total. The van der Waals surface area contributed by atoms with Crippen molar-refractivity contribution >= 4 is 22.4 Å². The van der Waals surface area contributed by atoms with Crippen molar-refractivity contribution in [1.29, 1.82) is 0 Å². The Balaban J connectivity index is 1.52. The van der Waals surface area contributed by atoms with Crippen LogP contribution in [0.5, 0.6) is 0 Å². The van der Waals surface area contributed by atoms with Crippen LogP contribution in [0.2, 0.25) is 0 Å². The highest BCUT2D eigenvalue weighted by Gasteiger charge is 2.14. The van der Waals surface area contributed by atoms with Crippen molar-refractivity contribution in [3.8, 4) is 11.8 Å². The maximum atomic E-state index is 12.4. The van der Waals surface area contributed by atoms with Crippen molar-refractivity contribution in [2.75, 3.05) is 19.0 Å². The van der Waals surface area contributed by atoms with Crippen molar-refractivity contribution < 1.29 is 9.53 Å². The SMILES string of the molecule is COC(=O)c1cccc(C#Cc2ccccc2)c1CCCNc1cccc2ccccc12. The molecule has 0 bridgehead atoms. The summed E-state index contributed by atoms with van der Waals surface area (Å²) in [6, 6.07) is 30.1. The number of methoxy groups -OCH3 is 1. The molecule has 4 aromatic rings. The average molecular weight is 420 g/mol. The minimum absolute atomic E-state index is 0.328. The topological polar surface area (TPSA) is 38.3 Å². The lowest BCUT2D eigenvalue weighted by molar-refractivity contribution is 0.0599. The van der Waals surface area contributed by atoms with Crippen molar-refractivity contribution in [2.24, 2.45) is 0 Å². The van der Waals surface area contributed by atoms with Crippen LogP contribution in [-0.4, -0.2) is 19.6 Å². The molecule has 0 atom stereocenters. The van der Waals surface area contributed by atoms with Crippen LogP contribution >= 0.6 is 0 Å². The number of carbonyl (C=O) groups is 1. The molecular formula is C29H25NO2. The van der Waals surface area contributed by atoms with Gasteiger partial charge in [0, 0.05) is 28.7 Å². The molecule has 0 aliphatic heterocycles. The van der Waals surface area contributed by atoms with Gasteiger partial charge in [0.15, 0.2) is 0 Å². The Morgan fingerprint density at radius 3 is 2.44 bits per heavy atom. The van der Waals surface area contributed by atoms with Crippen LogP contribution in [0.3, 0.4) is 0 Å². The van der Waals surface area contributed by atoms with Crippen LogP contribution < -0.4 is 5.32 Å². The van der Waals surface area contributed by atoms with E-state index in [2.05, 4.69) is 53.6 Å². The highest BCUT2D eigenvalue weighted by molar-refractivity contribution is 5.94. The second kappa shape index (κ2) is 10.3. The third kappa shape index (κ3) is 4.99. The number of ether oxygens (including phenoxy) is 1. The summed E-state index contributed by atoms with van der Waals surface area (Å²) in [5.74, 6) is 6.13. The fourth-order valence-electron chi connectivity index (χ4n) is 3.80. The molecule has 3 heteroatoms. The lowest BCUT2D eigenvalue weighted by Gasteiger charge is -2.12. The van der Waals surface area contributed by atoms with Crippen LogP contribution in [-0.2, 0) is 11.2 Å². The van der Waals surface area contributed by atoms with Gasteiger partial charge in [-0.1, -0.05) is 72.5 Å². The van der Waals surface area contributed by atoms with E-state index in [1.54, 1.807) is 0 Å². The summed E-state index contributed by atoms with van der Waals surface area (Å²) < 4.78 is 5.02. The summed E-state index contributed by atoms with van der Waals surface area (Å²) in [5, 5.41) is 5.97. The van der Waals surface area contributed by atoms with Crippen molar-refractivity contribution in [3.63, 3.8) is 0 Å². The summed E-state index contributed by atoms with van der Waals surface area (Å²) in [4.78, 5) is 12.4. The number of benzene rings is 4. The Hall–Kier alpha value is -4.03. The zero-order chi connectivity index (χ0) is 22.2. The zero-order valence-corrected chi connectivity index (χ0v) is 18.1. The third-order valence-electron chi connectivity index (χ3n) is 5.41. The van der Waals surface area contributed by atoms with E-state index in [0.29, 0.717) is 5.56 Å². The number of hydrogen-bond acceptors (Lipinski definition) is 3. The quantitative estimate of drug-likeness (QED) is 0.234. The average Bonchev–Trinajstić information content (AvgIpc) is 2.85. The lowest BCUT2D eigenvalue weighted by atomic mass is 9.96. The number of nitrogens with one attached hydrogen (secondary N) is 1. The predicted molar refractivity (Wildman–Crippen MR) is 131 cm³/mol. The molecule has 0 spiro atoms. The van der Waals surface area contributed by atoms with Gasteiger partial charge in [0.25, 0.3) is 0 Å². The van der Waals surface area contributed by atoms with E-state index in [0.717, 1.165) is 41.8 Å². The van der Waals surface area contributed by atoms with Gasteiger partial charge in [0.1, 0.15) is 0 Å². The van der Waals surface area contributed by atoms with E-state index in [4.69, 9.17) is 4.74 Å². The van der Waals surface area contributed by atoms with Gasteiger partial charge < -0.3 is 10.1 Å². The molecule has 0 heterocycles. The molecular weight excluding hydrogens is 394 g/mol. The molecule has 0 saturated carbocycles. The maximum absolute atomic E-state index is 12.4. The molecule has 0 fully saturated rings. The van der Waals surface area contributed by atoms with Gasteiger partial charge in [-0.3, -0.25) is 0 Å². The molecule has 0 radical (unpaired) electrons. The Morgan fingerprint density at radius 1 is 0.844 bits per heavy atom. The second-order valence-corrected chi connectivity index (χ2v) is 7.50. The summed E-state index contributed by atoms with van der Waals surface area (Å²) in [6.07, 6.45) is 1.58. The fraction of sp³-hybridized carbons (Fsp3) is 0.138. The molecule has 4 aromatic carbocycles. The van der Waals surface area contributed by atoms with Gasteiger partial charge in [-0.2, -0.15) is 0 Å². The first-order chi connectivity index (χ1) is 15.8. The molecule has 0 aromatic heterocycles. The van der Waals surface area contributed by atoms with E-state index < -0.39 is 0 Å². The Kier molecular flexibility index (Phi) is 6.84. The Bertz CT molecular complexity index is 1280. The molecule has 0 amide bonds. The molecule has 0 aliphatic carbocycles. The van der Waals surface area contributed by atoms with Crippen LogP contribution in [0.25, 0.3) is 10.8 Å². The van der Waals surface area contributed by atoms with E-state index in [9.17, 15) is 4.79 Å². The largest absolute Gasteiger partial charge is 0.465 e. The van der Waals surface area contributed by atoms with Crippen LogP contribution in [0.1, 0.15) is 33.5 Å². The fourth-order valence-corrected chi connectivity index (χ4v) is 3.80. The first-order valence-corrected chi connectivity index (χ1v) is 10.7. The number of hydrogen-bond donors (Lipinski definition) is 1. The van der Waals surface area contributed by atoms with Crippen molar-refractivity contribution in [1.82, 2.24) is 0 Å². The second-order valence-electron chi connectivity index (χ2n) is 7.50. The van der Waals surface area contributed by atoms with Gasteiger partial charge in [-0.25, -0.2) is 4.79 Å². The normalized spacial score (nSPS) is 10.3. The van der Waals surface area contributed by atoms with Crippen LogP contribution in [0, 0.1) is 11.8 Å². The zero-order valence-electron chi connectivity index (χ0n) is 18.1. The van der Waals surface area contributed by atoms with Gasteiger partial charge in [0.05, 0.1) is 12.7 Å². The van der Waals surface area contributed by atoms with Crippen LogP contribution in [0.4, 0.5) is 5.69 Å². The third-order valence-corrected chi connectivity index (χ3v) is 5.41. The van der Waals surface area contributed by atoms with Crippen molar-refractivity contribution in [3.05, 3.63) is 113 Å². The molecule has 158 valence electrons. The van der Waals surface area contributed by atoms with Gasteiger partial charge in [0.2, 0.25) is 0 Å². The predicted octanol–water partition coefficient (Wildman–Crippen LogP) is 6.07. The smallest absolute Gasteiger partial charge is 0.338 e. The Labute approximate surface area is 189 Å². The molecule has 32 heavy (non-hydrogen) atoms. The number of carbonyl (C=O) groups excluding carboxylic acids is 1. The molecule has 0 unspecified atom stereocenters. The monoisotopic (exact) mass is 419 g/mol. The van der Waals surface area contributed by atoms with E-state index in [1.165, 1.54) is 17.9 Å². The molecule has 4 rings (SSSR count). The minimum atomic E-state index is -0.328. The Morgan fingerprint density at radius 2 is 1.59 bits per heavy atom. The number of fused-ring (bicyclic) bond motifs is 1. The van der Waals surface area contributed by atoms with Gasteiger partial charge in [-0.05, 0) is 54.1 Å². The summed E-state index contributed by atoms with van der Waals surface area (Å²) in [5.41, 5.74) is 4.44. The molecule has 0 aliphatic rings. The van der Waals surface area contributed by atoms with E-state index in [1.807, 2.05) is 54.6 Å². The first kappa shape index (κ1) is 21.2. The summed E-state index contributed by atoms with van der Waals surface area (Å²) in [7, 11) is 1.41. The van der Waals surface area contributed by atoms with Crippen LogP contribution in [0.15, 0.2) is 91.0 Å². The van der Waals surface area contributed by atoms with E-state index in [-0.39, 0.29) is 5.97 Å². The summed E-state index contributed by atoms with van der Waals surface area (Å²) >= 11 is 0. The molecule has 1 N–H and O–H groups in total. The van der Waals surface area contributed by atoms with Gasteiger partial charge in [-0.15, -0.1) is 0 Å². The first-order valence-electron chi connectivity index (χ1n) is 10.7. The molecule has 0 saturated heterocycles. The van der Waals surface area contributed by atoms with E-state index >= 15 is 0 Å². The highest BCUT2D eigenvalue weighted by atomic mass is 16.5. The maximum Gasteiger partial charge on any atom is 0.338 e. The lowest BCUT2D eigenvalue weighted by Crippen LogP contribution is -2.10. The summed E-state index contributed by atoms with van der Waals surface area (Å²) in [6.45, 7) is 0.787. The number of esters is 1.